The predicted molar refractivity (Wildman–Crippen MR) is 92.9 cm³/mol. The molecule has 0 fully saturated rings. The molecule has 1 heterocycles. The van der Waals surface area contributed by atoms with Crippen LogP contribution in [0, 0.1) is 11.6 Å². The van der Waals surface area contributed by atoms with Gasteiger partial charge in [0.1, 0.15) is 11.6 Å². The highest BCUT2D eigenvalue weighted by Gasteiger charge is 2.17. The second kappa shape index (κ2) is 7.33. The van der Waals surface area contributed by atoms with Crippen molar-refractivity contribution in [3.63, 3.8) is 0 Å². The van der Waals surface area contributed by atoms with Crippen LogP contribution in [-0.4, -0.2) is 26.3 Å². The van der Waals surface area contributed by atoms with E-state index < -0.39 is 17.4 Å². The quantitative estimate of drug-likeness (QED) is 0.487. The van der Waals surface area contributed by atoms with E-state index >= 15 is 0 Å². The lowest BCUT2D eigenvalue weighted by Crippen LogP contribution is -2.07. The maximum Gasteiger partial charge on any atom is 0.191 e. The molecular formula is C17H12ClF2N3OS. The first-order chi connectivity index (χ1) is 12.0. The summed E-state index contributed by atoms with van der Waals surface area (Å²) in [5.41, 5.74) is 0.439. The maximum absolute atomic E-state index is 13.7. The lowest BCUT2D eigenvalue weighted by Gasteiger charge is -2.05. The summed E-state index contributed by atoms with van der Waals surface area (Å²) in [7, 11) is 1.74. The Bertz CT molecular complexity index is 945. The zero-order chi connectivity index (χ0) is 18.0. The molecule has 128 valence electrons. The first-order valence-electron chi connectivity index (χ1n) is 7.22. The highest BCUT2D eigenvalue weighted by atomic mass is 35.5. The maximum atomic E-state index is 13.7. The Kier molecular flexibility index (Phi) is 5.15. The largest absolute Gasteiger partial charge is 0.305 e. The van der Waals surface area contributed by atoms with Crippen LogP contribution in [0.3, 0.4) is 0 Å². The van der Waals surface area contributed by atoms with Gasteiger partial charge in [-0.15, -0.1) is 10.2 Å². The molecule has 1 aromatic heterocycles. The van der Waals surface area contributed by atoms with Crippen molar-refractivity contribution in [2.75, 3.05) is 5.75 Å². The molecule has 0 saturated carbocycles. The normalized spacial score (nSPS) is 10.9. The summed E-state index contributed by atoms with van der Waals surface area (Å²) >= 11 is 7.25. The van der Waals surface area contributed by atoms with Crippen LogP contribution in [0.15, 0.2) is 47.6 Å². The minimum Gasteiger partial charge on any atom is -0.305 e. The Morgan fingerprint density at radius 3 is 2.72 bits per heavy atom. The first kappa shape index (κ1) is 17.6. The van der Waals surface area contributed by atoms with Crippen molar-refractivity contribution in [2.24, 2.45) is 7.05 Å². The van der Waals surface area contributed by atoms with E-state index in [0.717, 1.165) is 30.0 Å². The average Bonchev–Trinajstić information content (AvgIpc) is 2.96. The molecule has 0 amide bonds. The Morgan fingerprint density at radius 1 is 1.20 bits per heavy atom. The number of carbonyl (C=O) groups is 1. The molecule has 8 heteroatoms. The van der Waals surface area contributed by atoms with Gasteiger partial charge in [-0.2, -0.15) is 0 Å². The van der Waals surface area contributed by atoms with E-state index in [1.165, 1.54) is 0 Å². The number of Topliss-reactive ketones (excluding diaryl/α,β-unsaturated/α-hetero) is 1. The van der Waals surface area contributed by atoms with E-state index in [2.05, 4.69) is 10.2 Å². The highest BCUT2D eigenvalue weighted by molar-refractivity contribution is 7.99. The van der Waals surface area contributed by atoms with Gasteiger partial charge in [0, 0.05) is 12.6 Å². The zero-order valence-electron chi connectivity index (χ0n) is 13.0. The van der Waals surface area contributed by atoms with Crippen molar-refractivity contribution in [2.45, 2.75) is 5.16 Å². The van der Waals surface area contributed by atoms with Crippen LogP contribution < -0.4 is 0 Å². The van der Waals surface area contributed by atoms with E-state index in [0.29, 0.717) is 21.6 Å². The van der Waals surface area contributed by atoms with Gasteiger partial charge in [-0.1, -0.05) is 35.5 Å². The second-order valence-electron chi connectivity index (χ2n) is 5.18. The lowest BCUT2D eigenvalue weighted by molar-refractivity contribution is 0.101. The van der Waals surface area contributed by atoms with Crippen molar-refractivity contribution in [3.05, 3.63) is 64.7 Å². The Balaban J connectivity index is 1.78. The molecule has 25 heavy (non-hydrogen) atoms. The van der Waals surface area contributed by atoms with Crippen molar-refractivity contribution < 1.29 is 13.6 Å². The average molecular weight is 380 g/mol. The standard InChI is InChI=1S/C17H12ClF2N3OS/c1-23-16(11-4-2-3-5-13(11)18)21-22-17(23)25-9-15(24)12-8-10(19)6-7-14(12)20/h2-8H,9H2,1H3. The minimum absolute atomic E-state index is 0.0884. The van der Waals surface area contributed by atoms with Gasteiger partial charge in [-0.3, -0.25) is 4.79 Å². The molecule has 3 rings (SSSR count). The van der Waals surface area contributed by atoms with Crippen molar-refractivity contribution >= 4 is 29.1 Å². The summed E-state index contributed by atoms with van der Waals surface area (Å²) in [4.78, 5) is 12.1. The molecule has 0 N–H and O–H groups in total. The number of rotatable bonds is 5. The number of carbonyl (C=O) groups excluding carboxylic acids is 1. The van der Waals surface area contributed by atoms with Crippen LogP contribution in [-0.2, 0) is 7.05 Å². The molecule has 0 bridgehead atoms. The van der Waals surface area contributed by atoms with Crippen LogP contribution in [0.1, 0.15) is 10.4 Å². The molecule has 3 aromatic rings. The smallest absolute Gasteiger partial charge is 0.191 e. The number of halogens is 3. The molecule has 0 aliphatic rings. The number of hydrogen-bond acceptors (Lipinski definition) is 4. The molecule has 2 aromatic carbocycles. The summed E-state index contributed by atoms with van der Waals surface area (Å²) < 4.78 is 28.5. The summed E-state index contributed by atoms with van der Waals surface area (Å²) in [5, 5.41) is 9.13. The number of ketones is 1. The molecule has 0 unspecified atom stereocenters. The monoisotopic (exact) mass is 379 g/mol. The minimum atomic E-state index is -0.748. The van der Waals surface area contributed by atoms with Gasteiger partial charge in [0.2, 0.25) is 0 Å². The number of thioether (sulfide) groups is 1. The number of hydrogen-bond donors (Lipinski definition) is 0. The molecule has 0 aliphatic heterocycles. The second-order valence-corrected chi connectivity index (χ2v) is 6.53. The van der Waals surface area contributed by atoms with Crippen LogP contribution in [0.25, 0.3) is 11.4 Å². The van der Waals surface area contributed by atoms with Gasteiger partial charge in [0.15, 0.2) is 16.8 Å². The van der Waals surface area contributed by atoms with Gasteiger partial charge in [0.05, 0.1) is 16.3 Å². The SMILES string of the molecule is Cn1c(SCC(=O)c2cc(F)ccc2F)nnc1-c1ccccc1Cl. The number of benzene rings is 2. The van der Waals surface area contributed by atoms with Gasteiger partial charge in [0.25, 0.3) is 0 Å². The third-order valence-electron chi connectivity index (χ3n) is 3.51. The topological polar surface area (TPSA) is 47.8 Å². The third kappa shape index (κ3) is 3.72. The van der Waals surface area contributed by atoms with Crippen LogP contribution in [0.2, 0.25) is 5.02 Å². The van der Waals surface area contributed by atoms with Gasteiger partial charge >= 0.3 is 0 Å². The molecule has 4 nitrogen and oxygen atoms in total. The number of nitrogens with zero attached hydrogens (tertiary/aromatic N) is 3. The van der Waals surface area contributed by atoms with E-state index in [1.807, 2.05) is 18.2 Å². The fraction of sp³-hybridized carbons (Fsp3) is 0.118. The molecule has 0 saturated heterocycles. The first-order valence-corrected chi connectivity index (χ1v) is 8.59. The van der Waals surface area contributed by atoms with E-state index in [-0.39, 0.29) is 11.3 Å². The van der Waals surface area contributed by atoms with Crippen LogP contribution in [0.4, 0.5) is 8.78 Å². The lowest BCUT2D eigenvalue weighted by atomic mass is 10.1. The Labute approximate surface area is 151 Å². The van der Waals surface area contributed by atoms with Crippen molar-refractivity contribution in [3.8, 4) is 11.4 Å². The molecule has 0 aliphatic carbocycles. The fourth-order valence-corrected chi connectivity index (χ4v) is 3.25. The van der Waals surface area contributed by atoms with Crippen LogP contribution >= 0.6 is 23.4 Å². The van der Waals surface area contributed by atoms with Crippen molar-refractivity contribution in [1.29, 1.82) is 0 Å². The van der Waals surface area contributed by atoms with Crippen molar-refractivity contribution in [1.82, 2.24) is 14.8 Å². The van der Waals surface area contributed by atoms with E-state index in [4.69, 9.17) is 11.6 Å². The van der Waals surface area contributed by atoms with Gasteiger partial charge < -0.3 is 4.57 Å². The molecule has 0 radical (unpaired) electrons. The van der Waals surface area contributed by atoms with E-state index in [9.17, 15) is 13.6 Å². The summed E-state index contributed by atoms with van der Waals surface area (Å²) in [6, 6.07) is 10.00. The molecule has 0 atom stereocenters. The summed E-state index contributed by atoms with van der Waals surface area (Å²) in [6.45, 7) is 0. The highest BCUT2D eigenvalue weighted by Crippen LogP contribution is 2.28. The Hall–Kier alpha value is -2.25. The van der Waals surface area contributed by atoms with Crippen LogP contribution in [0.5, 0.6) is 0 Å². The summed E-state index contributed by atoms with van der Waals surface area (Å²) in [5.74, 6) is -1.47. The Morgan fingerprint density at radius 2 is 1.96 bits per heavy atom. The van der Waals surface area contributed by atoms with E-state index in [1.54, 1.807) is 17.7 Å². The van der Waals surface area contributed by atoms with Gasteiger partial charge in [-0.05, 0) is 30.3 Å². The zero-order valence-corrected chi connectivity index (χ0v) is 14.6. The summed E-state index contributed by atoms with van der Waals surface area (Å²) in [6.07, 6.45) is 0. The molecule has 0 spiro atoms. The third-order valence-corrected chi connectivity index (χ3v) is 4.86. The predicted octanol–water partition coefficient (Wildman–Crippen LogP) is 4.39. The number of aromatic nitrogens is 3. The van der Waals surface area contributed by atoms with Gasteiger partial charge in [-0.25, -0.2) is 8.78 Å². The fourth-order valence-electron chi connectivity index (χ4n) is 2.24. The molecular weight excluding hydrogens is 368 g/mol.